The first-order valence-corrected chi connectivity index (χ1v) is 8.95. The summed E-state index contributed by atoms with van der Waals surface area (Å²) < 4.78 is 12.0. The van der Waals surface area contributed by atoms with Crippen LogP contribution in [0.2, 0.25) is 0 Å². The number of rotatable bonds is 1. The molecular formula is C17H27NO5. The maximum atomic E-state index is 11.8. The minimum atomic E-state index is -0.729. The molecule has 5 fully saturated rings. The minimum absolute atomic E-state index is 0.168. The zero-order valence-corrected chi connectivity index (χ0v) is 14.1. The molecular weight excluding hydrogens is 298 g/mol. The lowest BCUT2D eigenvalue weighted by atomic mass is 9.67. The van der Waals surface area contributed by atoms with Gasteiger partial charge in [0.1, 0.15) is 6.10 Å². The van der Waals surface area contributed by atoms with Gasteiger partial charge in [-0.05, 0) is 44.4 Å². The van der Waals surface area contributed by atoms with Crippen LogP contribution in [-0.4, -0.2) is 42.8 Å². The monoisotopic (exact) mass is 325 g/mol. The molecule has 130 valence electrons. The molecule has 0 N–H and O–H groups in total. The van der Waals surface area contributed by atoms with Crippen LogP contribution in [0, 0.1) is 11.8 Å². The molecule has 1 amide bonds. The third-order valence-electron chi connectivity index (χ3n) is 5.99. The molecule has 2 spiro atoms. The van der Waals surface area contributed by atoms with Gasteiger partial charge in [-0.3, -0.25) is 0 Å². The summed E-state index contributed by atoms with van der Waals surface area (Å²) in [5.41, 5.74) is 0. The van der Waals surface area contributed by atoms with Gasteiger partial charge < -0.3 is 14.4 Å². The summed E-state index contributed by atoms with van der Waals surface area (Å²) in [7, 11) is 3.39. The second-order valence-electron chi connectivity index (χ2n) is 7.91. The van der Waals surface area contributed by atoms with Crippen LogP contribution in [0.4, 0.5) is 4.79 Å². The van der Waals surface area contributed by atoms with Gasteiger partial charge in [0.05, 0.1) is 0 Å². The summed E-state index contributed by atoms with van der Waals surface area (Å²) in [5.74, 6) is -0.136. The molecule has 0 aromatic carbocycles. The quantitative estimate of drug-likeness (QED) is 0.693. The van der Waals surface area contributed by atoms with Crippen molar-refractivity contribution >= 4 is 6.09 Å². The summed E-state index contributed by atoms with van der Waals surface area (Å²) in [6.45, 7) is 0. The fourth-order valence-electron chi connectivity index (χ4n) is 4.76. The molecule has 0 aromatic heterocycles. The fourth-order valence-corrected chi connectivity index (χ4v) is 4.76. The van der Waals surface area contributed by atoms with Crippen molar-refractivity contribution in [1.29, 1.82) is 0 Å². The highest BCUT2D eigenvalue weighted by molar-refractivity contribution is 5.66. The van der Waals surface area contributed by atoms with Gasteiger partial charge in [0.2, 0.25) is 11.6 Å². The molecule has 6 nitrogen and oxygen atoms in total. The highest BCUT2D eigenvalue weighted by Crippen LogP contribution is 2.56. The predicted octanol–water partition coefficient (Wildman–Crippen LogP) is 3.21. The average Bonchev–Trinajstić information content (AvgIpc) is 2.86. The van der Waals surface area contributed by atoms with Crippen LogP contribution >= 0.6 is 0 Å². The molecule has 1 unspecified atom stereocenters. The fraction of sp³-hybridized carbons (Fsp3) is 0.941. The van der Waals surface area contributed by atoms with Crippen LogP contribution in [-0.2, 0) is 19.2 Å². The largest absolute Gasteiger partial charge is 0.446 e. The third-order valence-corrected chi connectivity index (χ3v) is 5.99. The Balaban J connectivity index is 1.44. The van der Waals surface area contributed by atoms with Gasteiger partial charge in [0.25, 0.3) is 0 Å². The third kappa shape index (κ3) is 2.75. The van der Waals surface area contributed by atoms with Crippen molar-refractivity contribution < 1.29 is 24.0 Å². The lowest BCUT2D eigenvalue weighted by Gasteiger charge is -2.47. The summed E-state index contributed by atoms with van der Waals surface area (Å²) in [6.07, 6.45) is 8.52. The standard InChI is InChI=1S/C17H27NO5/c1-18(2)15(19)20-14-4-3-9-16(11-14)21-17(23-22-16)10-12-5-7-13(17)8-6-12/h12-14H,3-11H2,1-2H3/t12?,13?,14-,16-,17?/m1/s1. The van der Waals surface area contributed by atoms with Crippen LogP contribution in [0.5, 0.6) is 0 Å². The predicted molar refractivity (Wildman–Crippen MR) is 81.2 cm³/mol. The molecule has 4 aliphatic carbocycles. The molecule has 3 atom stereocenters. The molecule has 6 heteroatoms. The van der Waals surface area contributed by atoms with Crippen LogP contribution in [0.25, 0.3) is 0 Å². The van der Waals surface area contributed by atoms with Gasteiger partial charge in [-0.1, -0.05) is 0 Å². The van der Waals surface area contributed by atoms with Crippen molar-refractivity contribution in [3.05, 3.63) is 0 Å². The number of carbonyl (C=O) groups is 1. The van der Waals surface area contributed by atoms with Crippen molar-refractivity contribution in [3.8, 4) is 0 Å². The van der Waals surface area contributed by atoms with Gasteiger partial charge in [0, 0.05) is 39.3 Å². The molecule has 5 rings (SSSR count). The van der Waals surface area contributed by atoms with E-state index in [1.807, 2.05) is 0 Å². The molecule has 2 bridgehead atoms. The van der Waals surface area contributed by atoms with Crippen LogP contribution < -0.4 is 0 Å². The van der Waals surface area contributed by atoms with E-state index in [0.29, 0.717) is 18.3 Å². The first kappa shape index (κ1) is 15.7. The molecule has 0 radical (unpaired) electrons. The maximum absolute atomic E-state index is 11.8. The second kappa shape index (κ2) is 5.60. The van der Waals surface area contributed by atoms with Crippen molar-refractivity contribution in [1.82, 2.24) is 4.90 Å². The minimum Gasteiger partial charge on any atom is -0.446 e. The molecule has 4 saturated carbocycles. The lowest BCUT2D eigenvalue weighted by Crippen LogP contribution is -2.51. The van der Waals surface area contributed by atoms with E-state index in [-0.39, 0.29) is 12.2 Å². The van der Waals surface area contributed by atoms with Crippen LogP contribution in [0.1, 0.15) is 57.8 Å². The van der Waals surface area contributed by atoms with E-state index in [2.05, 4.69) is 0 Å². The maximum Gasteiger partial charge on any atom is 0.409 e. The van der Waals surface area contributed by atoms with Crippen LogP contribution in [0.15, 0.2) is 0 Å². The highest BCUT2D eigenvalue weighted by Gasteiger charge is 2.61. The Labute approximate surface area is 137 Å². The summed E-state index contributed by atoms with van der Waals surface area (Å²) in [5, 5.41) is 0. The Kier molecular flexibility index (Phi) is 3.82. The SMILES string of the molecule is CN(C)C(=O)O[C@@H]1CCC[C@]2(C1)OOC1(CC3CCC1CC3)O2. The number of hydrogen-bond acceptors (Lipinski definition) is 5. The van der Waals surface area contributed by atoms with Crippen LogP contribution in [0.3, 0.4) is 0 Å². The average molecular weight is 325 g/mol. The Morgan fingerprint density at radius 3 is 2.52 bits per heavy atom. The number of nitrogens with zero attached hydrogens (tertiary/aromatic N) is 1. The summed E-state index contributed by atoms with van der Waals surface area (Å²) >= 11 is 0. The number of carbonyl (C=O) groups excluding carboxylic acids is 1. The van der Waals surface area contributed by atoms with Gasteiger partial charge in [-0.2, -0.15) is 9.78 Å². The number of hydrogen-bond donors (Lipinski definition) is 0. The van der Waals surface area contributed by atoms with E-state index >= 15 is 0 Å². The second-order valence-corrected chi connectivity index (χ2v) is 7.91. The number of ether oxygens (including phenoxy) is 2. The van der Waals surface area contributed by atoms with Crippen molar-refractivity contribution in [2.45, 2.75) is 75.5 Å². The van der Waals surface area contributed by atoms with Crippen molar-refractivity contribution in [3.63, 3.8) is 0 Å². The lowest BCUT2D eigenvalue weighted by molar-refractivity contribution is -0.374. The zero-order chi connectivity index (χ0) is 16.1. The van der Waals surface area contributed by atoms with E-state index in [1.54, 1.807) is 14.1 Å². The molecule has 1 saturated heterocycles. The first-order valence-electron chi connectivity index (χ1n) is 8.95. The van der Waals surface area contributed by atoms with E-state index in [4.69, 9.17) is 19.2 Å². The van der Waals surface area contributed by atoms with Crippen molar-refractivity contribution in [2.75, 3.05) is 14.1 Å². The normalized spacial score (nSPS) is 45.6. The Morgan fingerprint density at radius 1 is 1.09 bits per heavy atom. The first-order chi connectivity index (χ1) is 11.0. The Bertz CT molecular complexity index is 476. The van der Waals surface area contributed by atoms with E-state index in [0.717, 1.165) is 25.7 Å². The molecule has 0 aromatic rings. The molecule has 5 aliphatic rings. The summed E-state index contributed by atoms with van der Waals surface area (Å²) in [4.78, 5) is 24.9. The van der Waals surface area contributed by atoms with Gasteiger partial charge in [-0.15, -0.1) is 0 Å². The topological polar surface area (TPSA) is 57.2 Å². The molecule has 23 heavy (non-hydrogen) atoms. The Morgan fingerprint density at radius 2 is 1.87 bits per heavy atom. The Hall–Kier alpha value is -0.850. The van der Waals surface area contributed by atoms with Gasteiger partial charge in [0.15, 0.2) is 0 Å². The smallest absolute Gasteiger partial charge is 0.409 e. The van der Waals surface area contributed by atoms with E-state index < -0.39 is 11.6 Å². The van der Waals surface area contributed by atoms with E-state index in [9.17, 15) is 4.79 Å². The number of fused-ring (bicyclic) bond motifs is 2. The highest BCUT2D eigenvalue weighted by atomic mass is 17.3. The summed E-state index contributed by atoms with van der Waals surface area (Å²) in [6, 6.07) is 0. The van der Waals surface area contributed by atoms with Gasteiger partial charge >= 0.3 is 6.09 Å². The van der Waals surface area contributed by atoms with Gasteiger partial charge in [-0.25, -0.2) is 4.79 Å². The molecule has 1 heterocycles. The zero-order valence-electron chi connectivity index (χ0n) is 14.1. The van der Waals surface area contributed by atoms with Crippen molar-refractivity contribution in [2.24, 2.45) is 11.8 Å². The number of amides is 1. The molecule has 1 aliphatic heterocycles. The van der Waals surface area contributed by atoms with E-state index in [1.165, 1.54) is 30.6 Å².